The third kappa shape index (κ3) is 1.14. The Morgan fingerprint density at radius 2 is 2.14 bits per heavy atom. The topological polar surface area (TPSA) is 52.7 Å². The number of rotatable bonds is 1. The third-order valence-corrected chi connectivity index (χ3v) is 2.84. The molecular formula is C8H10N4OS. The zero-order chi connectivity index (χ0) is 10.3. The average molecular weight is 210 g/mol. The minimum atomic E-state index is -0.0487. The van der Waals surface area contributed by atoms with Gasteiger partial charge in [0.15, 0.2) is 10.8 Å². The molecular weight excluding hydrogens is 200 g/mol. The van der Waals surface area contributed by atoms with Gasteiger partial charge in [0.05, 0.1) is 6.20 Å². The molecule has 0 unspecified atom stereocenters. The van der Waals surface area contributed by atoms with Gasteiger partial charge in [0.1, 0.15) is 5.39 Å². The molecule has 2 aromatic heterocycles. The highest BCUT2D eigenvalue weighted by molar-refractivity contribution is 7.98. The van der Waals surface area contributed by atoms with Crippen molar-refractivity contribution in [3.63, 3.8) is 0 Å². The van der Waals surface area contributed by atoms with Gasteiger partial charge in [-0.25, -0.2) is 4.98 Å². The van der Waals surface area contributed by atoms with Crippen LogP contribution in [0.5, 0.6) is 0 Å². The fourth-order valence-corrected chi connectivity index (χ4v) is 1.86. The predicted octanol–water partition coefficient (Wildman–Crippen LogP) is 0.389. The second kappa shape index (κ2) is 3.13. The van der Waals surface area contributed by atoms with E-state index < -0.39 is 0 Å². The van der Waals surface area contributed by atoms with E-state index in [2.05, 4.69) is 10.1 Å². The highest BCUT2D eigenvalue weighted by atomic mass is 32.2. The molecule has 2 rings (SSSR count). The van der Waals surface area contributed by atoms with E-state index in [1.807, 2.05) is 6.26 Å². The van der Waals surface area contributed by atoms with Gasteiger partial charge in [-0.05, 0) is 6.26 Å². The van der Waals surface area contributed by atoms with Crippen LogP contribution in [-0.2, 0) is 14.1 Å². The monoisotopic (exact) mass is 210 g/mol. The van der Waals surface area contributed by atoms with Crippen LogP contribution < -0.4 is 5.56 Å². The van der Waals surface area contributed by atoms with E-state index in [0.29, 0.717) is 16.2 Å². The lowest BCUT2D eigenvalue weighted by atomic mass is 10.4. The first-order chi connectivity index (χ1) is 6.65. The lowest BCUT2D eigenvalue weighted by molar-refractivity contribution is 0.710. The smallest absolute Gasteiger partial charge is 0.265 e. The van der Waals surface area contributed by atoms with E-state index in [1.54, 1.807) is 25.0 Å². The lowest BCUT2D eigenvalue weighted by Gasteiger charge is -2.03. The number of fused-ring (bicyclic) bond motifs is 1. The first kappa shape index (κ1) is 9.26. The molecule has 0 fully saturated rings. The van der Waals surface area contributed by atoms with E-state index in [4.69, 9.17) is 0 Å². The van der Waals surface area contributed by atoms with Crippen LogP contribution in [0.15, 0.2) is 16.1 Å². The normalized spacial score (nSPS) is 11.1. The maximum absolute atomic E-state index is 11.8. The fraction of sp³-hybridized carbons (Fsp3) is 0.375. The Hall–Kier alpha value is -1.30. The molecule has 0 saturated heterocycles. The SMILES string of the molecule is CSc1nc2c(cnn2C)c(=O)n1C. The van der Waals surface area contributed by atoms with Gasteiger partial charge < -0.3 is 0 Å². The molecule has 0 N–H and O–H groups in total. The van der Waals surface area contributed by atoms with Gasteiger partial charge in [-0.15, -0.1) is 0 Å². The minimum absolute atomic E-state index is 0.0487. The molecule has 0 aromatic carbocycles. The molecule has 2 aromatic rings. The summed E-state index contributed by atoms with van der Waals surface area (Å²) in [5.41, 5.74) is 0.588. The van der Waals surface area contributed by atoms with E-state index in [9.17, 15) is 4.79 Å². The van der Waals surface area contributed by atoms with Crippen LogP contribution in [0, 0.1) is 0 Å². The van der Waals surface area contributed by atoms with Gasteiger partial charge in [-0.2, -0.15) is 5.10 Å². The summed E-state index contributed by atoms with van der Waals surface area (Å²) in [4.78, 5) is 16.1. The zero-order valence-corrected chi connectivity index (χ0v) is 9.00. The van der Waals surface area contributed by atoms with Gasteiger partial charge in [0.2, 0.25) is 0 Å². The van der Waals surface area contributed by atoms with Gasteiger partial charge in [0.25, 0.3) is 5.56 Å². The fourth-order valence-electron chi connectivity index (χ4n) is 1.33. The van der Waals surface area contributed by atoms with E-state index >= 15 is 0 Å². The van der Waals surface area contributed by atoms with Crippen LogP contribution in [0.3, 0.4) is 0 Å². The molecule has 2 heterocycles. The van der Waals surface area contributed by atoms with Crippen molar-refractivity contribution in [3.05, 3.63) is 16.6 Å². The molecule has 0 atom stereocenters. The summed E-state index contributed by atoms with van der Waals surface area (Å²) in [5.74, 6) is 0. The summed E-state index contributed by atoms with van der Waals surface area (Å²) in [6.07, 6.45) is 3.44. The van der Waals surface area contributed by atoms with Gasteiger partial charge in [0, 0.05) is 14.1 Å². The van der Waals surface area contributed by atoms with Crippen molar-refractivity contribution in [2.24, 2.45) is 14.1 Å². The zero-order valence-electron chi connectivity index (χ0n) is 8.18. The van der Waals surface area contributed by atoms with Crippen molar-refractivity contribution >= 4 is 22.8 Å². The Morgan fingerprint density at radius 3 is 2.79 bits per heavy atom. The van der Waals surface area contributed by atoms with Crippen molar-refractivity contribution in [2.45, 2.75) is 5.16 Å². The highest BCUT2D eigenvalue weighted by Crippen LogP contribution is 2.12. The minimum Gasteiger partial charge on any atom is -0.290 e. The summed E-state index contributed by atoms with van der Waals surface area (Å²) >= 11 is 1.45. The van der Waals surface area contributed by atoms with Gasteiger partial charge >= 0.3 is 0 Å². The lowest BCUT2D eigenvalue weighted by Crippen LogP contribution is -2.19. The maximum Gasteiger partial charge on any atom is 0.265 e. The van der Waals surface area contributed by atoms with Crippen molar-refractivity contribution in [1.82, 2.24) is 19.3 Å². The van der Waals surface area contributed by atoms with Gasteiger partial charge in [-0.1, -0.05) is 11.8 Å². The van der Waals surface area contributed by atoms with Crippen LogP contribution in [0.25, 0.3) is 11.0 Å². The molecule has 0 bridgehead atoms. The van der Waals surface area contributed by atoms with Crippen molar-refractivity contribution in [3.8, 4) is 0 Å². The molecule has 6 heteroatoms. The number of aryl methyl sites for hydroxylation is 1. The summed E-state index contributed by atoms with van der Waals surface area (Å²) in [6.45, 7) is 0. The largest absolute Gasteiger partial charge is 0.290 e. The third-order valence-electron chi connectivity index (χ3n) is 2.11. The van der Waals surface area contributed by atoms with E-state index in [0.717, 1.165) is 0 Å². The molecule has 0 saturated carbocycles. The standard InChI is InChI=1S/C8H10N4OS/c1-11-7(13)5-4-9-12(2)6(5)10-8(11)14-3/h4H,1-3H3. The number of nitrogens with zero attached hydrogens (tertiary/aromatic N) is 4. The molecule has 14 heavy (non-hydrogen) atoms. The van der Waals surface area contributed by atoms with Crippen LogP contribution in [-0.4, -0.2) is 25.6 Å². The molecule has 5 nitrogen and oxygen atoms in total. The summed E-state index contributed by atoms with van der Waals surface area (Å²) in [6, 6.07) is 0. The summed E-state index contributed by atoms with van der Waals surface area (Å²) < 4.78 is 3.14. The van der Waals surface area contributed by atoms with Crippen molar-refractivity contribution < 1.29 is 0 Å². The van der Waals surface area contributed by atoms with Crippen LogP contribution in [0.4, 0.5) is 0 Å². The molecule has 0 aliphatic rings. The first-order valence-electron chi connectivity index (χ1n) is 4.08. The first-order valence-corrected chi connectivity index (χ1v) is 5.30. The molecule has 0 amide bonds. The van der Waals surface area contributed by atoms with Gasteiger partial charge in [-0.3, -0.25) is 14.0 Å². The van der Waals surface area contributed by atoms with Crippen LogP contribution >= 0.6 is 11.8 Å². The van der Waals surface area contributed by atoms with E-state index in [-0.39, 0.29) is 5.56 Å². The molecule has 0 aliphatic heterocycles. The quantitative estimate of drug-likeness (QED) is 0.504. The Kier molecular flexibility index (Phi) is 2.07. The Bertz CT molecular complexity index is 542. The number of thioether (sulfide) groups is 1. The maximum atomic E-state index is 11.8. The van der Waals surface area contributed by atoms with Crippen LogP contribution in [0.2, 0.25) is 0 Å². The number of aromatic nitrogens is 4. The second-order valence-corrected chi connectivity index (χ2v) is 3.74. The summed E-state index contributed by atoms with van der Waals surface area (Å²) in [5, 5.41) is 5.27. The molecule has 0 radical (unpaired) electrons. The van der Waals surface area contributed by atoms with Crippen LogP contribution in [0.1, 0.15) is 0 Å². The predicted molar refractivity (Wildman–Crippen MR) is 55.5 cm³/mol. The molecule has 74 valence electrons. The Morgan fingerprint density at radius 1 is 1.43 bits per heavy atom. The van der Waals surface area contributed by atoms with Crippen molar-refractivity contribution in [1.29, 1.82) is 0 Å². The second-order valence-electron chi connectivity index (χ2n) is 2.97. The number of hydrogen-bond acceptors (Lipinski definition) is 4. The van der Waals surface area contributed by atoms with E-state index in [1.165, 1.54) is 16.3 Å². The molecule has 0 aliphatic carbocycles. The average Bonchev–Trinajstić information content (AvgIpc) is 2.54. The Balaban J connectivity index is 2.95. The Labute approximate surface area is 84.7 Å². The summed E-state index contributed by atoms with van der Waals surface area (Å²) in [7, 11) is 3.49. The number of hydrogen-bond donors (Lipinski definition) is 0. The molecule has 0 spiro atoms. The highest BCUT2D eigenvalue weighted by Gasteiger charge is 2.10. The van der Waals surface area contributed by atoms with Crippen molar-refractivity contribution in [2.75, 3.05) is 6.26 Å².